The molecule has 0 unspecified atom stereocenters. The van der Waals surface area contributed by atoms with Gasteiger partial charge in [-0.25, -0.2) is 9.59 Å². The minimum absolute atomic E-state index is 0.242. The molecule has 1 fully saturated rings. The number of carbonyl (C=O) groups excluding carboxylic acids is 2. The van der Waals surface area contributed by atoms with Crippen LogP contribution in [0.5, 0.6) is 0 Å². The van der Waals surface area contributed by atoms with Crippen molar-refractivity contribution in [3.05, 3.63) is 0 Å². The van der Waals surface area contributed by atoms with E-state index in [1.807, 2.05) is 0 Å². The first-order valence-corrected chi connectivity index (χ1v) is 5.52. The Morgan fingerprint density at radius 1 is 1.56 bits per heavy atom. The summed E-state index contributed by atoms with van der Waals surface area (Å²) in [6.07, 6.45) is 2.14. The highest BCUT2D eigenvalue weighted by Crippen LogP contribution is 2.30. The van der Waals surface area contributed by atoms with Gasteiger partial charge in [0.1, 0.15) is 6.04 Å². The minimum atomic E-state index is -0.795. The zero-order valence-corrected chi connectivity index (χ0v) is 9.75. The van der Waals surface area contributed by atoms with Crippen LogP contribution in [0.15, 0.2) is 0 Å². The molecule has 0 aromatic carbocycles. The second-order valence-electron chi connectivity index (χ2n) is 3.75. The standard InChI is InChI=1S/C11H19NO4/c1-3-16-11(14)12-9(10(13)15-2)7-8-5-4-6-8/h8-9H,3-7H2,1-2H3,(H,12,14)/t9-/m0/s1/i8D. The third-order valence-electron chi connectivity index (χ3n) is 2.61. The largest absolute Gasteiger partial charge is 0.467 e. The maximum atomic E-state index is 11.5. The van der Waals surface area contributed by atoms with Crippen molar-refractivity contribution in [1.82, 2.24) is 5.32 Å². The summed E-state index contributed by atoms with van der Waals surface area (Å²) in [6.45, 7) is 1.93. The van der Waals surface area contributed by atoms with Gasteiger partial charge in [0.25, 0.3) is 0 Å². The van der Waals surface area contributed by atoms with Crippen LogP contribution in [-0.2, 0) is 14.3 Å². The lowest BCUT2D eigenvalue weighted by Crippen LogP contribution is -2.43. The number of amides is 1. The van der Waals surface area contributed by atoms with Crippen LogP contribution in [0.25, 0.3) is 0 Å². The van der Waals surface area contributed by atoms with E-state index in [9.17, 15) is 9.59 Å². The maximum absolute atomic E-state index is 11.5. The first kappa shape index (κ1) is 11.2. The lowest BCUT2D eigenvalue weighted by molar-refractivity contribution is -0.143. The number of carbonyl (C=O) groups is 2. The second kappa shape index (κ2) is 6.35. The Morgan fingerprint density at radius 2 is 2.25 bits per heavy atom. The van der Waals surface area contributed by atoms with Crippen molar-refractivity contribution in [2.75, 3.05) is 13.7 Å². The van der Waals surface area contributed by atoms with E-state index in [1.54, 1.807) is 6.92 Å². The smallest absolute Gasteiger partial charge is 0.407 e. The van der Waals surface area contributed by atoms with E-state index in [0.29, 0.717) is 0 Å². The molecule has 0 heterocycles. The van der Waals surface area contributed by atoms with Crippen LogP contribution in [0.4, 0.5) is 4.79 Å². The molecule has 1 atom stereocenters. The van der Waals surface area contributed by atoms with Gasteiger partial charge in [-0.05, 0) is 19.2 Å². The number of alkyl carbamates (subject to hydrolysis) is 1. The van der Waals surface area contributed by atoms with Gasteiger partial charge in [0.05, 0.1) is 13.7 Å². The first-order valence-electron chi connectivity index (χ1n) is 6.02. The Morgan fingerprint density at radius 3 is 2.69 bits per heavy atom. The molecule has 0 aliphatic heterocycles. The van der Waals surface area contributed by atoms with Crippen LogP contribution < -0.4 is 5.32 Å². The highest BCUT2D eigenvalue weighted by molar-refractivity contribution is 5.81. The molecule has 5 nitrogen and oxygen atoms in total. The van der Waals surface area contributed by atoms with Gasteiger partial charge in [-0.3, -0.25) is 0 Å². The molecule has 0 saturated heterocycles. The zero-order chi connectivity index (χ0) is 12.9. The average molecular weight is 230 g/mol. The van der Waals surface area contributed by atoms with Crippen LogP contribution in [0, 0.1) is 5.89 Å². The Balaban J connectivity index is 2.54. The fourth-order valence-corrected chi connectivity index (χ4v) is 1.57. The number of hydrogen-bond donors (Lipinski definition) is 1. The Labute approximate surface area is 96.9 Å². The second-order valence-corrected chi connectivity index (χ2v) is 3.75. The van der Waals surface area contributed by atoms with E-state index >= 15 is 0 Å². The summed E-state index contributed by atoms with van der Waals surface area (Å²) in [7, 11) is 1.26. The van der Waals surface area contributed by atoms with Crippen molar-refractivity contribution in [1.29, 1.82) is 0 Å². The van der Waals surface area contributed by atoms with E-state index in [0.717, 1.165) is 19.3 Å². The van der Waals surface area contributed by atoms with Crippen molar-refractivity contribution >= 4 is 12.1 Å². The fourth-order valence-electron chi connectivity index (χ4n) is 1.57. The third kappa shape index (κ3) is 3.72. The van der Waals surface area contributed by atoms with Crippen LogP contribution in [-0.4, -0.2) is 31.8 Å². The molecular weight excluding hydrogens is 210 g/mol. The molecule has 1 rings (SSSR count). The predicted molar refractivity (Wildman–Crippen MR) is 57.9 cm³/mol. The zero-order valence-electron chi connectivity index (χ0n) is 10.7. The van der Waals surface area contributed by atoms with Crippen LogP contribution in [0.2, 0.25) is 0 Å². The number of esters is 1. The van der Waals surface area contributed by atoms with E-state index in [4.69, 9.17) is 6.11 Å². The van der Waals surface area contributed by atoms with Crippen molar-refractivity contribution in [2.24, 2.45) is 5.89 Å². The highest BCUT2D eigenvalue weighted by atomic mass is 16.6. The van der Waals surface area contributed by atoms with Gasteiger partial charge in [0.2, 0.25) is 0 Å². The van der Waals surface area contributed by atoms with Gasteiger partial charge in [0, 0.05) is 1.37 Å². The lowest BCUT2D eigenvalue weighted by atomic mass is 9.81. The maximum Gasteiger partial charge on any atom is 0.407 e. The molecule has 92 valence electrons. The molecule has 0 aromatic rings. The summed E-state index contributed by atoms with van der Waals surface area (Å²) in [4.78, 5) is 22.8. The SMILES string of the molecule is [2H]C1(C[C@H](NC(=O)OCC)C(=O)OC)CCC1. The summed E-state index contributed by atoms with van der Waals surface area (Å²) < 4.78 is 17.3. The van der Waals surface area contributed by atoms with E-state index in [-0.39, 0.29) is 13.0 Å². The molecular formula is C11H19NO4. The molecule has 0 bridgehead atoms. The number of ether oxygens (including phenoxy) is 2. The van der Waals surface area contributed by atoms with Crippen molar-refractivity contribution in [3.63, 3.8) is 0 Å². The van der Waals surface area contributed by atoms with Gasteiger partial charge in [-0.2, -0.15) is 0 Å². The van der Waals surface area contributed by atoms with Crippen molar-refractivity contribution in [2.45, 2.75) is 38.6 Å². The molecule has 1 amide bonds. The fraction of sp³-hybridized carbons (Fsp3) is 0.818. The number of hydrogen-bond acceptors (Lipinski definition) is 4. The number of methoxy groups -OCH3 is 1. The van der Waals surface area contributed by atoms with Crippen LogP contribution >= 0.6 is 0 Å². The topological polar surface area (TPSA) is 64.6 Å². The van der Waals surface area contributed by atoms with Gasteiger partial charge in [-0.1, -0.05) is 19.3 Å². The lowest BCUT2D eigenvalue weighted by Gasteiger charge is -2.28. The van der Waals surface area contributed by atoms with Crippen molar-refractivity contribution in [3.8, 4) is 0 Å². The molecule has 0 spiro atoms. The Kier molecular flexibility index (Phi) is 4.46. The normalized spacial score (nSPS) is 20.0. The van der Waals surface area contributed by atoms with E-state index in [1.165, 1.54) is 7.11 Å². The Hall–Kier alpha value is -1.26. The number of rotatable bonds is 5. The summed E-state index contributed by atoms with van der Waals surface area (Å²) in [6, 6.07) is -0.795. The number of nitrogens with one attached hydrogen (secondary N) is 1. The van der Waals surface area contributed by atoms with Crippen LogP contribution in [0.1, 0.15) is 34.0 Å². The molecule has 1 aliphatic rings. The minimum Gasteiger partial charge on any atom is -0.467 e. The van der Waals surface area contributed by atoms with Gasteiger partial charge in [0.15, 0.2) is 0 Å². The Bertz CT molecular complexity index is 291. The summed E-state index contributed by atoms with van der Waals surface area (Å²) in [5.74, 6) is -1.14. The molecule has 1 aliphatic carbocycles. The molecule has 0 radical (unpaired) electrons. The highest BCUT2D eigenvalue weighted by Gasteiger charge is 2.28. The van der Waals surface area contributed by atoms with Crippen molar-refractivity contribution < 1.29 is 20.4 Å². The van der Waals surface area contributed by atoms with Gasteiger partial charge < -0.3 is 14.8 Å². The molecule has 0 aromatic heterocycles. The van der Waals surface area contributed by atoms with Gasteiger partial charge in [-0.15, -0.1) is 0 Å². The third-order valence-corrected chi connectivity index (χ3v) is 2.61. The van der Waals surface area contributed by atoms with E-state index in [2.05, 4.69) is 10.1 Å². The molecule has 5 heteroatoms. The summed E-state index contributed by atoms with van der Waals surface area (Å²) in [5.41, 5.74) is 0. The quantitative estimate of drug-likeness (QED) is 0.726. The summed E-state index contributed by atoms with van der Waals surface area (Å²) >= 11 is 0. The van der Waals surface area contributed by atoms with Gasteiger partial charge >= 0.3 is 12.1 Å². The monoisotopic (exact) mass is 230 g/mol. The molecule has 16 heavy (non-hydrogen) atoms. The van der Waals surface area contributed by atoms with Crippen LogP contribution in [0.3, 0.4) is 0 Å². The van der Waals surface area contributed by atoms with E-state index < -0.39 is 24.0 Å². The first-order chi connectivity index (χ1) is 8.00. The molecule has 1 saturated carbocycles. The summed E-state index contributed by atoms with van der Waals surface area (Å²) in [5, 5.41) is 2.44. The average Bonchev–Trinajstić information content (AvgIpc) is 2.25. The molecule has 1 N–H and O–H groups in total. The predicted octanol–water partition coefficient (Wildman–Crippen LogP) is 1.46.